The number of carbonyl (C=O) groups is 1. The predicted molar refractivity (Wildman–Crippen MR) is 64.1 cm³/mol. The number of anilines is 1. The average molecular weight is 242 g/mol. The molecule has 0 saturated carbocycles. The van der Waals surface area contributed by atoms with Crippen LogP contribution in [0.15, 0.2) is 37.2 Å². The molecule has 3 heterocycles. The van der Waals surface area contributed by atoms with Gasteiger partial charge in [0, 0.05) is 38.0 Å². The van der Waals surface area contributed by atoms with Crippen LogP contribution < -0.4 is 5.32 Å². The van der Waals surface area contributed by atoms with Gasteiger partial charge in [-0.1, -0.05) is 0 Å². The molecule has 0 radical (unpaired) electrons. The van der Waals surface area contributed by atoms with Crippen LogP contribution in [0.3, 0.4) is 0 Å². The van der Waals surface area contributed by atoms with Crippen molar-refractivity contribution in [3.05, 3.63) is 42.9 Å². The van der Waals surface area contributed by atoms with E-state index in [-0.39, 0.29) is 11.6 Å². The van der Waals surface area contributed by atoms with E-state index in [0.29, 0.717) is 11.3 Å². The fourth-order valence-electron chi connectivity index (χ4n) is 1.69. The standard InChI is InChI=1S/C11H10N6O/c1-16-7-8(6-14-16)15-11(18)9-10-13-3-5-17(10)4-2-12-9/h2-7H,1H3,(H,15,18). The number of hydrogen-bond donors (Lipinski definition) is 1. The van der Waals surface area contributed by atoms with E-state index < -0.39 is 0 Å². The molecule has 0 saturated heterocycles. The Morgan fingerprint density at radius 2 is 2.06 bits per heavy atom. The van der Waals surface area contributed by atoms with Gasteiger partial charge in [-0.15, -0.1) is 0 Å². The summed E-state index contributed by atoms with van der Waals surface area (Å²) in [4.78, 5) is 20.2. The van der Waals surface area contributed by atoms with Gasteiger partial charge in [0.2, 0.25) is 0 Å². The van der Waals surface area contributed by atoms with E-state index in [9.17, 15) is 4.79 Å². The Labute approximate surface area is 102 Å². The van der Waals surface area contributed by atoms with E-state index in [2.05, 4.69) is 20.4 Å². The number of aromatic nitrogens is 5. The van der Waals surface area contributed by atoms with Crippen LogP contribution in [0, 0.1) is 0 Å². The average Bonchev–Trinajstić information content (AvgIpc) is 2.97. The summed E-state index contributed by atoms with van der Waals surface area (Å²) in [7, 11) is 1.78. The molecule has 1 amide bonds. The first kappa shape index (κ1) is 10.5. The van der Waals surface area contributed by atoms with Gasteiger partial charge in [0.1, 0.15) is 0 Å². The minimum absolute atomic E-state index is 0.284. The highest BCUT2D eigenvalue weighted by atomic mass is 16.1. The summed E-state index contributed by atoms with van der Waals surface area (Å²) in [5, 5.41) is 6.70. The zero-order chi connectivity index (χ0) is 12.5. The Kier molecular flexibility index (Phi) is 2.30. The quantitative estimate of drug-likeness (QED) is 0.718. The van der Waals surface area contributed by atoms with Crippen LogP contribution in [0.25, 0.3) is 5.65 Å². The molecule has 1 N–H and O–H groups in total. The number of amides is 1. The van der Waals surface area contributed by atoms with Crippen LogP contribution in [0.5, 0.6) is 0 Å². The van der Waals surface area contributed by atoms with Gasteiger partial charge in [0.25, 0.3) is 5.91 Å². The van der Waals surface area contributed by atoms with E-state index in [1.807, 2.05) is 0 Å². The number of carbonyl (C=O) groups excluding carboxylic acids is 1. The molecule has 3 rings (SSSR count). The second kappa shape index (κ2) is 3.95. The third kappa shape index (κ3) is 1.71. The molecule has 18 heavy (non-hydrogen) atoms. The third-order valence-electron chi connectivity index (χ3n) is 2.49. The minimum Gasteiger partial charge on any atom is -0.318 e. The molecule has 7 nitrogen and oxygen atoms in total. The first-order valence-corrected chi connectivity index (χ1v) is 5.32. The van der Waals surface area contributed by atoms with E-state index in [1.54, 1.807) is 53.3 Å². The van der Waals surface area contributed by atoms with Crippen molar-refractivity contribution in [2.24, 2.45) is 7.05 Å². The Hall–Kier alpha value is -2.70. The Bertz CT molecular complexity index is 713. The molecule has 3 aromatic rings. The molecular weight excluding hydrogens is 232 g/mol. The summed E-state index contributed by atoms with van der Waals surface area (Å²) in [5.74, 6) is -0.306. The van der Waals surface area contributed by atoms with E-state index in [0.717, 1.165) is 0 Å². The van der Waals surface area contributed by atoms with E-state index in [4.69, 9.17) is 0 Å². The van der Waals surface area contributed by atoms with Crippen molar-refractivity contribution in [2.75, 3.05) is 5.32 Å². The molecule has 0 spiro atoms. The van der Waals surface area contributed by atoms with Gasteiger partial charge in [-0.2, -0.15) is 5.10 Å². The van der Waals surface area contributed by atoms with Crippen LogP contribution in [-0.2, 0) is 7.05 Å². The maximum atomic E-state index is 12.1. The molecule has 0 aliphatic heterocycles. The molecule has 90 valence electrons. The lowest BCUT2D eigenvalue weighted by Gasteiger charge is -2.02. The van der Waals surface area contributed by atoms with Crippen molar-refractivity contribution >= 4 is 17.2 Å². The van der Waals surface area contributed by atoms with Gasteiger partial charge >= 0.3 is 0 Å². The topological polar surface area (TPSA) is 77.1 Å². The number of fused-ring (bicyclic) bond motifs is 1. The summed E-state index contributed by atoms with van der Waals surface area (Å²) < 4.78 is 3.35. The monoisotopic (exact) mass is 242 g/mol. The van der Waals surface area contributed by atoms with Crippen LogP contribution >= 0.6 is 0 Å². The lowest BCUT2D eigenvalue weighted by molar-refractivity contribution is 0.102. The molecule has 0 fully saturated rings. The maximum Gasteiger partial charge on any atom is 0.278 e. The fourth-order valence-corrected chi connectivity index (χ4v) is 1.69. The molecule has 0 unspecified atom stereocenters. The number of rotatable bonds is 2. The van der Waals surface area contributed by atoms with E-state index in [1.165, 1.54) is 0 Å². The van der Waals surface area contributed by atoms with E-state index >= 15 is 0 Å². The van der Waals surface area contributed by atoms with Gasteiger partial charge in [-0.05, 0) is 0 Å². The summed E-state index contributed by atoms with van der Waals surface area (Å²) in [6, 6.07) is 0. The van der Waals surface area contributed by atoms with Gasteiger partial charge in [0.05, 0.1) is 11.9 Å². The van der Waals surface area contributed by atoms with Crippen LogP contribution in [0.2, 0.25) is 0 Å². The summed E-state index contributed by atoms with van der Waals surface area (Å²) in [6.07, 6.45) is 9.97. The van der Waals surface area contributed by atoms with Crippen LogP contribution in [0.1, 0.15) is 10.5 Å². The first-order valence-electron chi connectivity index (χ1n) is 5.32. The van der Waals surface area contributed by atoms with Gasteiger partial charge in [-0.3, -0.25) is 9.48 Å². The molecular formula is C11H10N6O. The minimum atomic E-state index is -0.306. The second-order valence-corrected chi connectivity index (χ2v) is 3.79. The number of aryl methyl sites for hydroxylation is 1. The normalized spacial score (nSPS) is 10.7. The van der Waals surface area contributed by atoms with Gasteiger partial charge < -0.3 is 9.72 Å². The Morgan fingerprint density at radius 1 is 1.28 bits per heavy atom. The SMILES string of the molecule is Cn1cc(NC(=O)c2nccn3ccnc23)cn1. The Morgan fingerprint density at radius 3 is 2.78 bits per heavy atom. The number of hydrogen-bond acceptors (Lipinski definition) is 4. The molecule has 7 heteroatoms. The Balaban J connectivity index is 1.94. The third-order valence-corrected chi connectivity index (χ3v) is 2.49. The summed E-state index contributed by atoms with van der Waals surface area (Å²) in [5.41, 5.74) is 1.43. The highest BCUT2D eigenvalue weighted by Gasteiger charge is 2.13. The summed E-state index contributed by atoms with van der Waals surface area (Å²) >= 11 is 0. The highest BCUT2D eigenvalue weighted by Crippen LogP contribution is 2.09. The highest BCUT2D eigenvalue weighted by molar-refractivity contribution is 6.06. The van der Waals surface area contributed by atoms with Crippen molar-refractivity contribution in [1.29, 1.82) is 0 Å². The second-order valence-electron chi connectivity index (χ2n) is 3.79. The zero-order valence-electron chi connectivity index (χ0n) is 9.61. The van der Waals surface area contributed by atoms with Gasteiger partial charge in [-0.25, -0.2) is 9.97 Å². The molecule has 3 aromatic heterocycles. The molecule has 0 aliphatic carbocycles. The predicted octanol–water partition coefficient (Wildman–Crippen LogP) is 0.715. The lowest BCUT2D eigenvalue weighted by atomic mass is 10.4. The molecule has 0 bridgehead atoms. The molecule has 0 atom stereocenters. The van der Waals surface area contributed by atoms with Crippen molar-refractivity contribution in [3.8, 4) is 0 Å². The lowest BCUT2D eigenvalue weighted by Crippen LogP contribution is -2.14. The fraction of sp³-hybridized carbons (Fsp3) is 0.0909. The van der Waals surface area contributed by atoms with Crippen molar-refractivity contribution in [1.82, 2.24) is 24.1 Å². The van der Waals surface area contributed by atoms with Crippen molar-refractivity contribution in [3.63, 3.8) is 0 Å². The first-order chi connectivity index (χ1) is 8.74. The maximum absolute atomic E-state index is 12.1. The number of imidazole rings is 1. The molecule has 0 aliphatic rings. The molecule has 0 aromatic carbocycles. The largest absolute Gasteiger partial charge is 0.318 e. The van der Waals surface area contributed by atoms with Crippen molar-refractivity contribution < 1.29 is 4.79 Å². The van der Waals surface area contributed by atoms with Crippen molar-refractivity contribution in [2.45, 2.75) is 0 Å². The zero-order valence-corrected chi connectivity index (χ0v) is 9.61. The number of nitrogens with zero attached hydrogens (tertiary/aromatic N) is 5. The van der Waals surface area contributed by atoms with Crippen LogP contribution in [-0.4, -0.2) is 30.1 Å². The van der Waals surface area contributed by atoms with Crippen LogP contribution in [0.4, 0.5) is 5.69 Å². The number of nitrogens with one attached hydrogen (secondary N) is 1. The van der Waals surface area contributed by atoms with Gasteiger partial charge in [0.15, 0.2) is 11.3 Å². The smallest absolute Gasteiger partial charge is 0.278 e. The summed E-state index contributed by atoms with van der Waals surface area (Å²) in [6.45, 7) is 0.